The quantitative estimate of drug-likeness (QED) is 0.259. The van der Waals surface area contributed by atoms with Gasteiger partial charge >= 0.3 is 5.97 Å². The first-order valence-corrected chi connectivity index (χ1v) is 14.4. The molecule has 220 valence electrons. The lowest BCUT2D eigenvalue weighted by Gasteiger charge is -2.34. The summed E-state index contributed by atoms with van der Waals surface area (Å²) in [5.41, 5.74) is 1.86. The van der Waals surface area contributed by atoms with E-state index in [2.05, 4.69) is 0 Å². The number of sulfonamides is 1. The number of nitrogens with zero attached hydrogens (tertiary/aromatic N) is 2. The van der Waals surface area contributed by atoms with Crippen molar-refractivity contribution in [3.8, 4) is 17.2 Å². The molecule has 0 aliphatic carbocycles. The van der Waals surface area contributed by atoms with E-state index in [9.17, 15) is 27.9 Å². The molecule has 3 aromatic rings. The monoisotopic (exact) mass is 596 g/mol. The van der Waals surface area contributed by atoms with E-state index < -0.39 is 33.8 Å². The largest absolute Gasteiger partial charge is 0.497 e. The number of hydrogen-bond acceptors (Lipinski definition) is 9. The maximum Gasteiger partial charge on any atom is 0.322 e. The molecule has 0 unspecified atom stereocenters. The summed E-state index contributed by atoms with van der Waals surface area (Å²) in [7, 11) is -1.59. The van der Waals surface area contributed by atoms with Gasteiger partial charge in [0.25, 0.3) is 11.8 Å². The fourth-order valence-electron chi connectivity index (χ4n) is 4.89. The zero-order chi connectivity index (χ0) is 30.0. The van der Waals surface area contributed by atoms with Gasteiger partial charge in [-0.1, -0.05) is 18.2 Å². The predicted octanol–water partition coefficient (Wildman–Crippen LogP) is 2.90. The third-order valence-electron chi connectivity index (χ3n) is 7.04. The minimum Gasteiger partial charge on any atom is -0.497 e. The molecule has 12 nitrogen and oxygen atoms in total. The summed E-state index contributed by atoms with van der Waals surface area (Å²) < 4.78 is 44.7. The van der Waals surface area contributed by atoms with Crippen LogP contribution < -0.4 is 14.2 Å². The summed E-state index contributed by atoms with van der Waals surface area (Å²) in [5, 5.41) is 10.7. The Labute approximate surface area is 242 Å². The predicted molar refractivity (Wildman–Crippen MR) is 147 cm³/mol. The van der Waals surface area contributed by atoms with Gasteiger partial charge in [-0.2, -0.15) is 4.31 Å². The van der Waals surface area contributed by atoms with Gasteiger partial charge in [0, 0.05) is 25.5 Å². The Morgan fingerprint density at radius 2 is 1.60 bits per heavy atom. The second-order valence-corrected chi connectivity index (χ2v) is 11.4. The number of imide groups is 1. The van der Waals surface area contributed by atoms with Crippen molar-refractivity contribution in [2.75, 3.05) is 27.4 Å². The van der Waals surface area contributed by atoms with E-state index in [-0.39, 0.29) is 42.6 Å². The summed E-state index contributed by atoms with van der Waals surface area (Å²) >= 11 is 0. The number of carboxylic acid groups (broad SMARTS) is 1. The average Bonchev–Trinajstić information content (AvgIpc) is 3.24. The van der Waals surface area contributed by atoms with Gasteiger partial charge in [-0.05, 0) is 47.5 Å². The van der Waals surface area contributed by atoms with E-state index in [0.717, 1.165) is 9.37 Å². The van der Waals surface area contributed by atoms with Crippen molar-refractivity contribution < 1.29 is 47.0 Å². The van der Waals surface area contributed by atoms with Gasteiger partial charge < -0.3 is 19.3 Å². The second kappa shape index (κ2) is 11.8. The van der Waals surface area contributed by atoms with Crippen LogP contribution in [0.5, 0.6) is 17.2 Å². The Morgan fingerprint density at radius 3 is 2.24 bits per heavy atom. The molecule has 2 aliphatic heterocycles. The molecular weight excluding hydrogens is 568 g/mol. The van der Waals surface area contributed by atoms with Gasteiger partial charge in [-0.25, -0.2) is 8.42 Å². The number of amides is 2. The van der Waals surface area contributed by atoms with Crippen LogP contribution in [0.3, 0.4) is 0 Å². The Balaban J connectivity index is 1.26. The van der Waals surface area contributed by atoms with Crippen LogP contribution in [0.15, 0.2) is 65.6 Å². The van der Waals surface area contributed by atoms with Gasteiger partial charge in [0.2, 0.25) is 10.0 Å². The number of carbonyl (C=O) groups is 3. The van der Waals surface area contributed by atoms with Crippen LogP contribution in [0.1, 0.15) is 38.3 Å². The number of carbonyl (C=O) groups excluding carboxylic acids is 2. The molecule has 0 saturated carbocycles. The van der Waals surface area contributed by atoms with E-state index in [4.69, 9.17) is 19.0 Å². The Kier molecular flexibility index (Phi) is 8.16. The minimum absolute atomic E-state index is 0.0371. The summed E-state index contributed by atoms with van der Waals surface area (Å²) in [6, 6.07) is 14.5. The number of benzene rings is 3. The number of carboxylic acids is 1. The van der Waals surface area contributed by atoms with Crippen LogP contribution in [-0.4, -0.2) is 74.2 Å². The molecule has 2 heterocycles. The third-order valence-corrected chi connectivity index (χ3v) is 8.92. The highest BCUT2D eigenvalue weighted by molar-refractivity contribution is 7.89. The first-order valence-electron chi connectivity index (χ1n) is 13.0. The summed E-state index contributed by atoms with van der Waals surface area (Å²) in [6.45, 7) is 0.0306. The lowest BCUT2D eigenvalue weighted by atomic mass is 9.95. The van der Waals surface area contributed by atoms with E-state index in [1.165, 1.54) is 26.4 Å². The van der Waals surface area contributed by atoms with Crippen molar-refractivity contribution in [3.05, 3.63) is 82.9 Å². The highest BCUT2D eigenvalue weighted by Crippen LogP contribution is 2.36. The van der Waals surface area contributed by atoms with Crippen molar-refractivity contribution in [3.63, 3.8) is 0 Å². The van der Waals surface area contributed by atoms with Crippen LogP contribution in [-0.2, 0) is 32.6 Å². The smallest absolute Gasteiger partial charge is 0.322 e. The molecule has 0 aromatic heterocycles. The van der Waals surface area contributed by atoms with Crippen LogP contribution in [0.4, 0.5) is 0 Å². The van der Waals surface area contributed by atoms with Gasteiger partial charge in [0.1, 0.15) is 28.2 Å². The van der Waals surface area contributed by atoms with Gasteiger partial charge in [-0.15, -0.1) is 5.06 Å². The first-order chi connectivity index (χ1) is 20.1. The highest BCUT2D eigenvalue weighted by atomic mass is 32.2. The average molecular weight is 597 g/mol. The number of methoxy groups -OCH3 is 2. The van der Waals surface area contributed by atoms with Gasteiger partial charge in [0.05, 0.1) is 38.6 Å². The zero-order valence-electron chi connectivity index (χ0n) is 22.8. The van der Waals surface area contributed by atoms with Crippen LogP contribution >= 0.6 is 0 Å². The molecule has 1 atom stereocenters. The summed E-state index contributed by atoms with van der Waals surface area (Å²) in [4.78, 5) is 42.2. The van der Waals surface area contributed by atoms with Crippen molar-refractivity contribution in [1.82, 2.24) is 9.37 Å². The topological polar surface area (TPSA) is 149 Å². The molecule has 1 N–H and O–H groups in total. The molecule has 0 bridgehead atoms. The fraction of sp³-hybridized carbons (Fsp3) is 0.276. The Hall–Kier alpha value is -4.46. The zero-order valence-corrected chi connectivity index (χ0v) is 23.6. The van der Waals surface area contributed by atoms with Crippen molar-refractivity contribution >= 4 is 27.8 Å². The molecule has 0 fully saturated rings. The summed E-state index contributed by atoms with van der Waals surface area (Å²) in [5.74, 6) is -1.52. The van der Waals surface area contributed by atoms with E-state index in [0.29, 0.717) is 34.4 Å². The van der Waals surface area contributed by atoms with Crippen LogP contribution in [0.2, 0.25) is 0 Å². The molecule has 0 spiro atoms. The normalized spacial score (nSPS) is 16.6. The maximum atomic E-state index is 13.7. The Morgan fingerprint density at radius 1 is 0.905 bits per heavy atom. The third kappa shape index (κ3) is 5.41. The molecule has 2 aliphatic rings. The number of hydroxylamine groups is 2. The number of fused-ring (bicyclic) bond motifs is 2. The van der Waals surface area contributed by atoms with Gasteiger partial charge in [0.15, 0.2) is 0 Å². The molecule has 42 heavy (non-hydrogen) atoms. The molecule has 2 amide bonds. The van der Waals surface area contributed by atoms with Crippen molar-refractivity contribution in [2.24, 2.45) is 0 Å². The SMILES string of the molecule is COc1ccc(OC)c(S(=O)(=O)N2Cc3cc(OCCCON4C(=O)c5ccccc5C4=O)ccc3C[C@H]2C(=O)O)c1. The van der Waals surface area contributed by atoms with E-state index in [1.54, 1.807) is 48.5 Å². The van der Waals surface area contributed by atoms with E-state index >= 15 is 0 Å². The molecular formula is C29H28N2O10S. The standard InChI is InChI=1S/C29H28N2O10S/c1-38-20-10-11-25(39-2)26(16-20)42(36,37)30-17-19-14-21(9-8-18(19)15-24(30)29(34)35)40-12-5-13-41-31-27(32)22-6-3-4-7-23(22)28(31)33/h3-4,6-11,14,16,24H,5,12-13,15,17H2,1-2H3,(H,34,35)/t24-/m0/s1. The van der Waals surface area contributed by atoms with Crippen molar-refractivity contribution in [2.45, 2.75) is 30.3 Å². The van der Waals surface area contributed by atoms with Crippen LogP contribution in [0.25, 0.3) is 0 Å². The number of ether oxygens (including phenoxy) is 3. The van der Waals surface area contributed by atoms with Crippen LogP contribution in [0, 0.1) is 0 Å². The minimum atomic E-state index is -4.32. The first kappa shape index (κ1) is 29.0. The lowest BCUT2D eigenvalue weighted by Crippen LogP contribution is -2.48. The lowest BCUT2D eigenvalue weighted by molar-refractivity contribution is -0.141. The summed E-state index contributed by atoms with van der Waals surface area (Å²) in [6.07, 6.45) is 0.312. The number of aliphatic carboxylic acids is 1. The maximum absolute atomic E-state index is 13.7. The van der Waals surface area contributed by atoms with E-state index in [1.807, 2.05) is 0 Å². The Bertz CT molecular complexity index is 1620. The number of rotatable bonds is 11. The van der Waals surface area contributed by atoms with Crippen molar-refractivity contribution in [1.29, 1.82) is 0 Å². The number of hydrogen-bond donors (Lipinski definition) is 1. The molecule has 5 rings (SSSR count). The molecule has 3 aromatic carbocycles. The molecule has 0 saturated heterocycles. The highest BCUT2D eigenvalue weighted by Gasteiger charge is 2.41. The van der Waals surface area contributed by atoms with Gasteiger partial charge in [-0.3, -0.25) is 19.2 Å². The molecule has 13 heteroatoms. The molecule has 0 radical (unpaired) electrons. The second-order valence-electron chi connectivity index (χ2n) is 9.54. The fourth-order valence-corrected chi connectivity index (χ4v) is 6.62.